The number of aryl methyl sites for hydroxylation is 1. The van der Waals surface area contributed by atoms with Gasteiger partial charge in [0.15, 0.2) is 11.5 Å². The summed E-state index contributed by atoms with van der Waals surface area (Å²) in [6, 6.07) is 7.59. The molecule has 1 amide bonds. The van der Waals surface area contributed by atoms with Gasteiger partial charge in [0.2, 0.25) is 11.7 Å². The number of pyridine rings is 1. The van der Waals surface area contributed by atoms with Crippen molar-refractivity contribution in [1.29, 1.82) is 5.26 Å². The fraction of sp³-hybridized carbons (Fsp3) is 0.500. The molecule has 182 valence electrons. The average Bonchev–Trinajstić information content (AvgIpc) is 2.85. The molecule has 1 aliphatic rings. The molecular formula is C26H33N3O4S. The Morgan fingerprint density at radius 2 is 1.88 bits per heavy atom. The Bertz CT molecular complexity index is 1070. The SMILES string of the molecule is CCC(C)(C)C1CCc2nc(SCC(=O)Nc3cc(OC)c(OC)c(OC)c3)c(C#N)cc2C1. The Hall–Kier alpha value is -2.92. The first-order chi connectivity index (χ1) is 16.3. The minimum Gasteiger partial charge on any atom is -0.493 e. The highest BCUT2D eigenvalue weighted by atomic mass is 32.2. The molecule has 2 aromatic rings. The second kappa shape index (κ2) is 11.0. The van der Waals surface area contributed by atoms with Crippen molar-refractivity contribution in [2.24, 2.45) is 11.3 Å². The highest BCUT2D eigenvalue weighted by molar-refractivity contribution is 8.00. The molecule has 1 heterocycles. The molecule has 1 N–H and O–H groups in total. The van der Waals surface area contributed by atoms with Gasteiger partial charge in [-0.05, 0) is 42.2 Å². The lowest BCUT2D eigenvalue weighted by molar-refractivity contribution is -0.113. The van der Waals surface area contributed by atoms with Crippen LogP contribution in [0.4, 0.5) is 5.69 Å². The monoisotopic (exact) mass is 483 g/mol. The number of hydrogen-bond acceptors (Lipinski definition) is 7. The van der Waals surface area contributed by atoms with E-state index < -0.39 is 0 Å². The summed E-state index contributed by atoms with van der Waals surface area (Å²) in [5.74, 6) is 1.87. The number of aromatic nitrogens is 1. The molecule has 0 spiro atoms. The molecule has 1 aromatic heterocycles. The number of rotatable bonds is 9. The number of nitrogens with zero attached hydrogens (tertiary/aromatic N) is 2. The molecule has 0 aliphatic heterocycles. The third-order valence-corrected chi connectivity index (χ3v) is 7.77. The highest BCUT2D eigenvalue weighted by Crippen LogP contribution is 2.41. The van der Waals surface area contributed by atoms with Crippen LogP contribution in [0.15, 0.2) is 23.2 Å². The molecule has 1 aliphatic carbocycles. The second-order valence-electron chi connectivity index (χ2n) is 9.09. The Morgan fingerprint density at radius 3 is 2.44 bits per heavy atom. The van der Waals surface area contributed by atoms with Crippen molar-refractivity contribution in [3.63, 3.8) is 0 Å². The first-order valence-corrected chi connectivity index (χ1v) is 12.4. The summed E-state index contributed by atoms with van der Waals surface area (Å²) in [4.78, 5) is 17.4. The highest BCUT2D eigenvalue weighted by Gasteiger charge is 2.32. The smallest absolute Gasteiger partial charge is 0.234 e. The van der Waals surface area contributed by atoms with Crippen LogP contribution in [0.3, 0.4) is 0 Å². The maximum Gasteiger partial charge on any atom is 0.234 e. The predicted octanol–water partition coefficient (Wildman–Crippen LogP) is 5.25. The van der Waals surface area contributed by atoms with Gasteiger partial charge in [0.25, 0.3) is 0 Å². The Kier molecular flexibility index (Phi) is 8.32. The van der Waals surface area contributed by atoms with Gasteiger partial charge in [-0.3, -0.25) is 4.79 Å². The van der Waals surface area contributed by atoms with Gasteiger partial charge < -0.3 is 19.5 Å². The lowest BCUT2D eigenvalue weighted by atomic mass is 9.69. The molecule has 34 heavy (non-hydrogen) atoms. The number of nitriles is 1. The summed E-state index contributed by atoms with van der Waals surface area (Å²) in [7, 11) is 4.57. The molecule has 1 atom stereocenters. The number of carbonyl (C=O) groups is 1. The van der Waals surface area contributed by atoms with Crippen LogP contribution < -0.4 is 19.5 Å². The maximum atomic E-state index is 12.7. The lowest BCUT2D eigenvalue weighted by Gasteiger charge is -2.37. The van der Waals surface area contributed by atoms with E-state index in [0.717, 1.165) is 31.4 Å². The summed E-state index contributed by atoms with van der Waals surface area (Å²) in [5, 5.41) is 13.2. The average molecular weight is 484 g/mol. The molecule has 0 radical (unpaired) electrons. The van der Waals surface area contributed by atoms with E-state index in [1.54, 1.807) is 12.1 Å². The van der Waals surface area contributed by atoms with Crippen molar-refractivity contribution < 1.29 is 19.0 Å². The quantitative estimate of drug-likeness (QED) is 0.487. The summed E-state index contributed by atoms with van der Waals surface area (Å²) in [5.41, 5.74) is 3.54. The Balaban J connectivity index is 1.72. The summed E-state index contributed by atoms with van der Waals surface area (Å²) < 4.78 is 16.0. The molecule has 1 unspecified atom stereocenters. The molecule has 1 aromatic carbocycles. The van der Waals surface area contributed by atoms with Crippen molar-refractivity contribution in [2.75, 3.05) is 32.4 Å². The van der Waals surface area contributed by atoms with Crippen LogP contribution >= 0.6 is 11.8 Å². The maximum absolute atomic E-state index is 12.7. The van der Waals surface area contributed by atoms with Gasteiger partial charge in [0.05, 0.1) is 32.6 Å². The first-order valence-electron chi connectivity index (χ1n) is 11.4. The number of benzene rings is 1. The van der Waals surface area contributed by atoms with Gasteiger partial charge >= 0.3 is 0 Å². The zero-order valence-corrected chi connectivity index (χ0v) is 21.6. The van der Waals surface area contributed by atoms with E-state index in [9.17, 15) is 10.1 Å². The molecule has 3 rings (SSSR count). The number of amides is 1. The number of hydrogen-bond donors (Lipinski definition) is 1. The molecule has 8 heteroatoms. The van der Waals surface area contributed by atoms with Crippen molar-refractivity contribution >= 4 is 23.4 Å². The number of thioether (sulfide) groups is 1. The number of methoxy groups -OCH3 is 3. The van der Waals surface area contributed by atoms with E-state index in [2.05, 4.69) is 32.2 Å². The summed E-state index contributed by atoms with van der Waals surface area (Å²) in [6.45, 7) is 6.87. The fourth-order valence-corrected chi connectivity index (χ4v) is 5.05. The zero-order valence-electron chi connectivity index (χ0n) is 20.8. The molecular weight excluding hydrogens is 450 g/mol. The molecule has 0 bridgehead atoms. The van der Waals surface area contributed by atoms with Crippen LogP contribution in [-0.2, 0) is 17.6 Å². The number of anilines is 1. The number of carbonyl (C=O) groups excluding carboxylic acids is 1. The standard InChI is InChI=1S/C26H33N3O4S/c1-7-26(2,3)18-8-9-20-16(11-18)10-17(14-27)25(29-20)34-15-23(30)28-19-12-21(31-4)24(33-6)22(13-19)32-5/h10,12-13,18H,7-9,11,15H2,1-6H3,(H,28,30). The third kappa shape index (κ3) is 5.58. The van der Waals surface area contributed by atoms with Crippen molar-refractivity contribution in [1.82, 2.24) is 4.98 Å². The predicted molar refractivity (Wildman–Crippen MR) is 134 cm³/mol. The van der Waals surface area contributed by atoms with E-state index in [4.69, 9.17) is 19.2 Å². The third-order valence-electron chi connectivity index (χ3n) is 6.78. The largest absolute Gasteiger partial charge is 0.493 e. The van der Waals surface area contributed by atoms with Crippen molar-refractivity contribution in [3.8, 4) is 23.3 Å². The summed E-state index contributed by atoms with van der Waals surface area (Å²) >= 11 is 1.28. The van der Waals surface area contributed by atoms with Crippen LogP contribution in [0.25, 0.3) is 0 Å². The number of ether oxygens (including phenoxy) is 3. The van der Waals surface area contributed by atoms with E-state index in [1.165, 1.54) is 38.7 Å². The molecule has 0 saturated heterocycles. The van der Waals surface area contributed by atoms with E-state index >= 15 is 0 Å². The molecule has 7 nitrogen and oxygen atoms in total. The van der Waals surface area contributed by atoms with Crippen LogP contribution in [0.2, 0.25) is 0 Å². The van der Waals surface area contributed by atoms with Crippen LogP contribution in [0.5, 0.6) is 17.2 Å². The van der Waals surface area contributed by atoms with Gasteiger partial charge in [-0.1, -0.05) is 39.0 Å². The number of fused-ring (bicyclic) bond motifs is 1. The minimum absolute atomic E-state index is 0.128. The molecule has 0 saturated carbocycles. The van der Waals surface area contributed by atoms with Gasteiger partial charge in [-0.15, -0.1) is 0 Å². The van der Waals surface area contributed by atoms with Gasteiger partial charge in [-0.25, -0.2) is 4.98 Å². The second-order valence-corrected chi connectivity index (χ2v) is 10.1. The van der Waals surface area contributed by atoms with E-state index in [1.807, 2.05) is 6.07 Å². The van der Waals surface area contributed by atoms with Gasteiger partial charge in [0.1, 0.15) is 11.1 Å². The topological polar surface area (TPSA) is 93.5 Å². The minimum atomic E-state index is -0.215. The summed E-state index contributed by atoms with van der Waals surface area (Å²) in [6.07, 6.45) is 4.07. The van der Waals surface area contributed by atoms with E-state index in [0.29, 0.717) is 39.4 Å². The zero-order chi connectivity index (χ0) is 24.9. The Labute approximate surface area is 206 Å². The Morgan fingerprint density at radius 1 is 1.21 bits per heavy atom. The van der Waals surface area contributed by atoms with Crippen LogP contribution in [-0.4, -0.2) is 38.0 Å². The van der Waals surface area contributed by atoms with Crippen LogP contribution in [0, 0.1) is 22.7 Å². The fourth-order valence-electron chi connectivity index (χ4n) is 4.28. The normalized spacial score (nSPS) is 15.1. The lowest BCUT2D eigenvalue weighted by Crippen LogP contribution is -2.29. The van der Waals surface area contributed by atoms with Gasteiger partial charge in [0, 0.05) is 23.5 Å². The number of nitrogens with one attached hydrogen (secondary N) is 1. The van der Waals surface area contributed by atoms with Crippen molar-refractivity contribution in [2.45, 2.75) is 51.5 Å². The molecule has 0 fully saturated rings. The first kappa shape index (κ1) is 25.7. The van der Waals surface area contributed by atoms with Gasteiger partial charge in [-0.2, -0.15) is 5.26 Å². The van der Waals surface area contributed by atoms with Crippen LogP contribution in [0.1, 0.15) is 50.4 Å². The van der Waals surface area contributed by atoms with E-state index in [-0.39, 0.29) is 17.1 Å². The van der Waals surface area contributed by atoms with Crippen molar-refractivity contribution in [3.05, 3.63) is 35.0 Å².